The summed E-state index contributed by atoms with van der Waals surface area (Å²) in [5.74, 6) is 0.713. The summed E-state index contributed by atoms with van der Waals surface area (Å²) >= 11 is 0. The molecule has 4 rings (SSSR count). The average molecular weight is 401 g/mol. The van der Waals surface area contributed by atoms with Crippen molar-refractivity contribution < 1.29 is 14.3 Å². The van der Waals surface area contributed by atoms with Crippen LogP contribution in [0.5, 0.6) is 5.75 Å². The third-order valence-electron chi connectivity index (χ3n) is 5.09. The topological polar surface area (TPSA) is 70.7 Å². The average Bonchev–Trinajstić information content (AvgIpc) is 3.21. The van der Waals surface area contributed by atoms with E-state index in [-0.39, 0.29) is 11.9 Å². The Labute approximate surface area is 175 Å². The van der Waals surface area contributed by atoms with Gasteiger partial charge >= 0.3 is 6.03 Å². The molecule has 0 unspecified atom stereocenters. The molecule has 30 heavy (non-hydrogen) atoms. The molecule has 3 amide bonds. The van der Waals surface area contributed by atoms with E-state index >= 15 is 0 Å². The van der Waals surface area contributed by atoms with Crippen molar-refractivity contribution in [3.05, 3.63) is 89.5 Å². The van der Waals surface area contributed by atoms with Crippen LogP contribution >= 0.6 is 0 Å². The van der Waals surface area contributed by atoms with Gasteiger partial charge < -0.3 is 20.3 Å². The largest absolute Gasteiger partial charge is 0.497 e. The number of urea groups is 1. The van der Waals surface area contributed by atoms with Crippen LogP contribution < -0.4 is 20.3 Å². The van der Waals surface area contributed by atoms with E-state index in [1.165, 1.54) is 0 Å². The van der Waals surface area contributed by atoms with Crippen molar-refractivity contribution in [1.29, 1.82) is 0 Å². The maximum atomic E-state index is 12.9. The van der Waals surface area contributed by atoms with Crippen LogP contribution in [0.25, 0.3) is 0 Å². The molecule has 152 valence electrons. The molecular weight excluding hydrogens is 378 g/mol. The number of hydrogen-bond donors (Lipinski definition) is 2. The highest BCUT2D eigenvalue weighted by molar-refractivity contribution is 6.07. The minimum absolute atomic E-state index is 0.0334. The lowest BCUT2D eigenvalue weighted by molar-refractivity contribution is 0.0989. The summed E-state index contributed by atoms with van der Waals surface area (Å²) in [7, 11) is 1.61. The molecule has 1 aliphatic heterocycles. The number of nitrogens with zero attached hydrogens (tertiary/aromatic N) is 1. The third-order valence-corrected chi connectivity index (χ3v) is 5.09. The Kier molecular flexibility index (Phi) is 5.66. The predicted molar refractivity (Wildman–Crippen MR) is 117 cm³/mol. The van der Waals surface area contributed by atoms with Crippen molar-refractivity contribution in [1.82, 2.24) is 5.32 Å². The summed E-state index contributed by atoms with van der Waals surface area (Å²) in [6.07, 6.45) is 0.802. The first kappa shape index (κ1) is 19.5. The molecule has 0 spiro atoms. The second kappa shape index (κ2) is 8.69. The monoisotopic (exact) mass is 401 g/mol. The first-order valence-corrected chi connectivity index (χ1v) is 9.81. The van der Waals surface area contributed by atoms with E-state index in [1.807, 2.05) is 72.8 Å². The number of carbonyl (C=O) groups is 2. The summed E-state index contributed by atoms with van der Waals surface area (Å²) in [5, 5.41) is 5.69. The molecular formula is C24H23N3O3. The molecule has 1 aliphatic rings. The van der Waals surface area contributed by atoms with Crippen molar-refractivity contribution >= 4 is 23.3 Å². The van der Waals surface area contributed by atoms with Gasteiger partial charge in [-0.2, -0.15) is 0 Å². The number of hydrogen-bond acceptors (Lipinski definition) is 3. The molecule has 0 atom stereocenters. The Morgan fingerprint density at radius 3 is 2.63 bits per heavy atom. The molecule has 0 saturated heterocycles. The van der Waals surface area contributed by atoms with Gasteiger partial charge in [-0.05, 0) is 53.9 Å². The zero-order valence-corrected chi connectivity index (χ0v) is 16.7. The number of ether oxygens (including phenoxy) is 1. The zero-order chi connectivity index (χ0) is 20.9. The first-order chi connectivity index (χ1) is 14.6. The molecule has 0 aliphatic carbocycles. The molecule has 0 bridgehead atoms. The quantitative estimate of drug-likeness (QED) is 0.672. The standard InChI is InChI=1S/C24H23N3O3/c1-30-21-9-5-6-17(14-21)16-25-24(29)26-20-11-10-18-12-13-27(22(18)15-20)23(28)19-7-3-2-4-8-19/h2-11,14-15H,12-13,16H2,1H3,(H2,25,26,29). The van der Waals surface area contributed by atoms with Gasteiger partial charge in [-0.1, -0.05) is 36.4 Å². The second-order valence-corrected chi connectivity index (χ2v) is 7.08. The number of fused-ring (bicyclic) bond motifs is 1. The lowest BCUT2D eigenvalue weighted by Gasteiger charge is -2.18. The van der Waals surface area contributed by atoms with Crippen LogP contribution in [0.4, 0.5) is 16.2 Å². The van der Waals surface area contributed by atoms with Crippen LogP contribution in [0.1, 0.15) is 21.5 Å². The molecule has 0 fully saturated rings. The van der Waals surface area contributed by atoms with E-state index in [1.54, 1.807) is 12.0 Å². The highest BCUT2D eigenvalue weighted by Crippen LogP contribution is 2.32. The number of rotatable bonds is 5. The number of amides is 3. The molecule has 0 radical (unpaired) electrons. The van der Waals surface area contributed by atoms with Gasteiger partial charge in [0.2, 0.25) is 0 Å². The highest BCUT2D eigenvalue weighted by Gasteiger charge is 2.25. The Morgan fingerprint density at radius 1 is 1.00 bits per heavy atom. The second-order valence-electron chi connectivity index (χ2n) is 7.08. The summed E-state index contributed by atoms with van der Waals surface area (Å²) in [6.45, 7) is 1.02. The molecule has 3 aromatic carbocycles. The minimum atomic E-state index is -0.309. The molecule has 6 nitrogen and oxygen atoms in total. The van der Waals surface area contributed by atoms with Gasteiger partial charge in [-0.3, -0.25) is 4.79 Å². The fraction of sp³-hybridized carbons (Fsp3) is 0.167. The van der Waals surface area contributed by atoms with Gasteiger partial charge in [0.05, 0.1) is 7.11 Å². The maximum absolute atomic E-state index is 12.9. The molecule has 1 heterocycles. The maximum Gasteiger partial charge on any atom is 0.319 e. The summed E-state index contributed by atoms with van der Waals surface area (Å²) in [6, 6.07) is 22.1. The number of nitrogens with one attached hydrogen (secondary N) is 2. The molecule has 0 saturated carbocycles. The van der Waals surface area contributed by atoms with Crippen LogP contribution in [0.15, 0.2) is 72.8 Å². The van der Waals surface area contributed by atoms with Gasteiger partial charge in [0.15, 0.2) is 0 Å². The van der Waals surface area contributed by atoms with Gasteiger partial charge in [0, 0.05) is 30.0 Å². The van der Waals surface area contributed by atoms with E-state index in [0.29, 0.717) is 24.3 Å². The fourth-order valence-corrected chi connectivity index (χ4v) is 3.54. The lowest BCUT2D eigenvalue weighted by Crippen LogP contribution is -2.29. The van der Waals surface area contributed by atoms with Crippen molar-refractivity contribution in [3.63, 3.8) is 0 Å². The number of benzene rings is 3. The molecule has 6 heteroatoms. The lowest BCUT2D eigenvalue weighted by atomic mass is 10.1. The van der Waals surface area contributed by atoms with Crippen molar-refractivity contribution in [2.45, 2.75) is 13.0 Å². The molecule has 0 aromatic heterocycles. The Bertz CT molecular complexity index is 1070. The summed E-state index contributed by atoms with van der Waals surface area (Å²) < 4.78 is 5.20. The van der Waals surface area contributed by atoms with E-state index in [9.17, 15) is 9.59 Å². The molecule has 3 aromatic rings. The van der Waals surface area contributed by atoms with Gasteiger partial charge in [-0.15, -0.1) is 0 Å². The van der Waals surface area contributed by atoms with Crippen LogP contribution in [0.3, 0.4) is 0 Å². The summed E-state index contributed by atoms with van der Waals surface area (Å²) in [4.78, 5) is 27.0. The smallest absolute Gasteiger partial charge is 0.319 e. The van der Waals surface area contributed by atoms with Gasteiger partial charge in [-0.25, -0.2) is 4.79 Å². The van der Waals surface area contributed by atoms with Crippen molar-refractivity contribution in [2.24, 2.45) is 0 Å². The Hall–Kier alpha value is -3.80. The Balaban J connectivity index is 1.42. The van der Waals surface area contributed by atoms with E-state index in [0.717, 1.165) is 29.0 Å². The number of carbonyl (C=O) groups excluding carboxylic acids is 2. The van der Waals surface area contributed by atoms with Gasteiger partial charge in [0.25, 0.3) is 5.91 Å². The van der Waals surface area contributed by atoms with Crippen molar-refractivity contribution in [2.75, 3.05) is 23.9 Å². The zero-order valence-electron chi connectivity index (χ0n) is 16.7. The normalized spacial score (nSPS) is 12.2. The van der Waals surface area contributed by atoms with E-state index in [2.05, 4.69) is 10.6 Å². The van der Waals surface area contributed by atoms with E-state index < -0.39 is 0 Å². The predicted octanol–water partition coefficient (Wildman–Crippen LogP) is 4.22. The fourth-order valence-electron chi connectivity index (χ4n) is 3.54. The number of methoxy groups -OCH3 is 1. The highest BCUT2D eigenvalue weighted by atomic mass is 16.5. The SMILES string of the molecule is COc1cccc(CNC(=O)Nc2ccc3c(c2)N(C(=O)c2ccccc2)CC3)c1. The van der Waals surface area contributed by atoms with Gasteiger partial charge in [0.1, 0.15) is 5.75 Å². The van der Waals surface area contributed by atoms with Crippen LogP contribution in [0.2, 0.25) is 0 Å². The minimum Gasteiger partial charge on any atom is -0.497 e. The first-order valence-electron chi connectivity index (χ1n) is 9.81. The number of anilines is 2. The van der Waals surface area contributed by atoms with Crippen LogP contribution in [-0.2, 0) is 13.0 Å². The van der Waals surface area contributed by atoms with Crippen LogP contribution in [0, 0.1) is 0 Å². The summed E-state index contributed by atoms with van der Waals surface area (Å²) in [5.41, 5.74) is 4.18. The molecule has 2 N–H and O–H groups in total. The van der Waals surface area contributed by atoms with Crippen molar-refractivity contribution in [3.8, 4) is 5.75 Å². The Morgan fingerprint density at radius 2 is 1.83 bits per heavy atom. The van der Waals surface area contributed by atoms with E-state index in [4.69, 9.17) is 4.74 Å². The van der Waals surface area contributed by atoms with Crippen LogP contribution in [-0.4, -0.2) is 25.6 Å². The third kappa shape index (κ3) is 4.27.